The lowest BCUT2D eigenvalue weighted by molar-refractivity contribution is 0.798. The van der Waals surface area contributed by atoms with Gasteiger partial charge in [0.1, 0.15) is 6.17 Å². The first-order valence-electron chi connectivity index (χ1n) is 11.3. The number of nitrogens with two attached hydrogens (primary N) is 2. The third-order valence-electron chi connectivity index (χ3n) is 5.95. The monoisotopic (exact) mass is 452 g/mol. The number of nitrogens with zero attached hydrogens (tertiary/aromatic N) is 4. The van der Waals surface area contributed by atoms with Gasteiger partial charge in [-0.15, -0.1) is 0 Å². The van der Waals surface area contributed by atoms with E-state index in [0.29, 0.717) is 13.1 Å². The van der Waals surface area contributed by atoms with E-state index in [9.17, 15) is 0 Å². The first-order valence-corrected chi connectivity index (χ1v) is 11.3. The van der Waals surface area contributed by atoms with Crippen LogP contribution in [0.4, 0.5) is 22.9 Å². The predicted molar refractivity (Wildman–Crippen MR) is 140 cm³/mol. The number of hydrogen-bond acceptors (Lipinski definition) is 8. The molecule has 1 unspecified atom stereocenters. The van der Waals surface area contributed by atoms with Crippen LogP contribution in [0.5, 0.6) is 0 Å². The van der Waals surface area contributed by atoms with Gasteiger partial charge in [-0.3, -0.25) is 10.4 Å². The van der Waals surface area contributed by atoms with E-state index in [1.807, 2.05) is 65.9 Å². The Hall–Kier alpha value is -4.30. The minimum absolute atomic E-state index is 0.169. The largest absolute Gasteiger partial charge is 0.403 e. The standard InChI is InChI=1S/C26H28N8/c1-18-7-5-6-10-21(18)26-32-23-17-30-25-22(11-13-31-34(25)19-8-3-2-4-9-19)24(23)33(26)20(15-28)16-29-14-12-27/h2-11,13,15-17,26,31-32H,12,14,27-28H2,1H3. The molecule has 0 radical (unpaired) electrons. The van der Waals surface area contributed by atoms with Crippen LogP contribution in [0.1, 0.15) is 22.9 Å². The van der Waals surface area contributed by atoms with Gasteiger partial charge in [-0.25, -0.2) is 9.99 Å². The second kappa shape index (κ2) is 9.29. The van der Waals surface area contributed by atoms with E-state index in [1.165, 1.54) is 5.56 Å². The number of aliphatic imine (C=N–C) groups is 1. The molecule has 0 saturated carbocycles. The maximum absolute atomic E-state index is 6.15. The number of aromatic nitrogens is 1. The molecule has 0 fully saturated rings. The van der Waals surface area contributed by atoms with Gasteiger partial charge >= 0.3 is 0 Å². The van der Waals surface area contributed by atoms with Crippen molar-refractivity contribution in [3.8, 4) is 0 Å². The van der Waals surface area contributed by atoms with E-state index in [-0.39, 0.29) is 6.17 Å². The Labute approximate surface area is 199 Å². The zero-order valence-electron chi connectivity index (χ0n) is 19.0. The van der Waals surface area contributed by atoms with Crippen molar-refractivity contribution in [2.45, 2.75) is 13.1 Å². The van der Waals surface area contributed by atoms with Crippen LogP contribution in [0.3, 0.4) is 0 Å². The summed E-state index contributed by atoms with van der Waals surface area (Å²) in [6.45, 7) is 3.12. The molecule has 0 spiro atoms. The number of para-hydroxylation sites is 1. The molecule has 2 aliphatic rings. The second-order valence-corrected chi connectivity index (χ2v) is 8.08. The van der Waals surface area contributed by atoms with E-state index in [0.717, 1.165) is 39.7 Å². The van der Waals surface area contributed by atoms with Gasteiger partial charge in [0.15, 0.2) is 5.82 Å². The fraction of sp³-hybridized carbons (Fsp3) is 0.154. The van der Waals surface area contributed by atoms with Crippen molar-refractivity contribution in [2.75, 3.05) is 28.3 Å². The number of benzene rings is 2. The minimum atomic E-state index is -0.169. The Kier molecular flexibility index (Phi) is 5.88. The van der Waals surface area contributed by atoms with Gasteiger partial charge in [-0.05, 0) is 36.3 Å². The summed E-state index contributed by atoms with van der Waals surface area (Å²) < 4.78 is 0. The summed E-state index contributed by atoms with van der Waals surface area (Å²) in [6, 6.07) is 18.4. The molecule has 172 valence electrons. The van der Waals surface area contributed by atoms with Gasteiger partial charge in [0.2, 0.25) is 0 Å². The van der Waals surface area contributed by atoms with E-state index in [4.69, 9.17) is 16.5 Å². The number of nitrogens with one attached hydrogen (secondary N) is 2. The summed E-state index contributed by atoms with van der Waals surface area (Å²) in [7, 11) is 0. The highest BCUT2D eigenvalue weighted by atomic mass is 15.5. The molecule has 3 aromatic rings. The number of anilines is 4. The van der Waals surface area contributed by atoms with Crippen LogP contribution < -0.4 is 32.1 Å². The maximum Gasteiger partial charge on any atom is 0.161 e. The molecular weight excluding hydrogens is 424 g/mol. The Balaban J connectivity index is 1.67. The van der Waals surface area contributed by atoms with Crippen molar-refractivity contribution in [2.24, 2.45) is 16.5 Å². The molecule has 6 N–H and O–H groups in total. The number of pyridine rings is 1. The zero-order valence-corrected chi connectivity index (χ0v) is 19.0. The van der Waals surface area contributed by atoms with Crippen LogP contribution in [0.15, 0.2) is 83.9 Å². The van der Waals surface area contributed by atoms with Gasteiger partial charge in [0.25, 0.3) is 0 Å². The quantitative estimate of drug-likeness (QED) is 0.422. The molecule has 2 aliphatic heterocycles. The number of rotatable bonds is 6. The molecule has 5 rings (SSSR count). The lowest BCUT2D eigenvalue weighted by atomic mass is 10.0. The molecule has 0 amide bonds. The Morgan fingerprint density at radius 1 is 1.15 bits per heavy atom. The third-order valence-corrected chi connectivity index (χ3v) is 5.95. The first-order chi connectivity index (χ1) is 16.7. The molecule has 8 nitrogen and oxygen atoms in total. The van der Waals surface area contributed by atoms with E-state index in [2.05, 4.69) is 39.7 Å². The Morgan fingerprint density at radius 2 is 1.94 bits per heavy atom. The third kappa shape index (κ3) is 3.74. The Bertz CT molecular complexity index is 1270. The lowest BCUT2D eigenvalue weighted by Gasteiger charge is -2.32. The molecule has 1 atom stereocenters. The molecule has 8 heteroatoms. The van der Waals surface area contributed by atoms with Crippen molar-refractivity contribution in [1.82, 2.24) is 10.4 Å². The van der Waals surface area contributed by atoms with Crippen molar-refractivity contribution in [3.05, 3.63) is 95.6 Å². The first kappa shape index (κ1) is 21.5. The van der Waals surface area contributed by atoms with Crippen LogP contribution in [0.25, 0.3) is 6.08 Å². The van der Waals surface area contributed by atoms with E-state index >= 15 is 0 Å². The summed E-state index contributed by atoms with van der Waals surface area (Å²) in [6.07, 6.45) is 9.06. The molecular formula is C26H28N8. The number of aryl methyl sites for hydroxylation is 1. The second-order valence-electron chi connectivity index (χ2n) is 8.08. The smallest absolute Gasteiger partial charge is 0.161 e. The van der Waals surface area contributed by atoms with Gasteiger partial charge in [0, 0.05) is 30.7 Å². The summed E-state index contributed by atoms with van der Waals surface area (Å²) in [5.74, 6) is 0.806. The van der Waals surface area contributed by atoms with E-state index in [1.54, 1.807) is 12.4 Å². The number of hydrogen-bond donors (Lipinski definition) is 4. The summed E-state index contributed by atoms with van der Waals surface area (Å²) >= 11 is 0. The van der Waals surface area contributed by atoms with Crippen molar-refractivity contribution in [3.63, 3.8) is 0 Å². The molecule has 0 aliphatic carbocycles. The van der Waals surface area contributed by atoms with Crippen LogP contribution in [0.2, 0.25) is 0 Å². The average Bonchev–Trinajstić information content (AvgIpc) is 3.27. The molecule has 1 aromatic heterocycles. The average molecular weight is 453 g/mol. The topological polar surface area (TPSA) is 108 Å². The highest BCUT2D eigenvalue weighted by Gasteiger charge is 2.37. The van der Waals surface area contributed by atoms with Crippen molar-refractivity contribution < 1.29 is 0 Å². The minimum Gasteiger partial charge on any atom is -0.403 e. The fourth-order valence-electron chi connectivity index (χ4n) is 4.38. The molecule has 0 bridgehead atoms. The Morgan fingerprint density at radius 3 is 2.71 bits per heavy atom. The van der Waals surface area contributed by atoms with Crippen molar-refractivity contribution in [1.29, 1.82) is 0 Å². The SMILES string of the molecule is Cc1ccccc1C1Nc2cnc3c(c2N1C(C=NCCN)=CN)C=CNN3c1ccccc1. The summed E-state index contributed by atoms with van der Waals surface area (Å²) in [5, 5.41) is 5.63. The molecule has 3 heterocycles. The maximum atomic E-state index is 6.15. The lowest BCUT2D eigenvalue weighted by Crippen LogP contribution is -2.34. The molecule has 34 heavy (non-hydrogen) atoms. The van der Waals surface area contributed by atoms with Crippen LogP contribution >= 0.6 is 0 Å². The number of allylic oxidation sites excluding steroid dienone is 1. The summed E-state index contributed by atoms with van der Waals surface area (Å²) in [5.41, 5.74) is 22.1. The number of hydrazine groups is 1. The highest BCUT2D eigenvalue weighted by Crippen LogP contribution is 2.49. The van der Waals surface area contributed by atoms with Crippen LogP contribution in [-0.4, -0.2) is 24.3 Å². The van der Waals surface area contributed by atoms with Crippen LogP contribution in [-0.2, 0) is 0 Å². The highest BCUT2D eigenvalue weighted by molar-refractivity contribution is 5.97. The molecule has 2 aromatic carbocycles. The van der Waals surface area contributed by atoms with Gasteiger partial charge in [-0.2, -0.15) is 0 Å². The van der Waals surface area contributed by atoms with Gasteiger partial charge < -0.3 is 21.7 Å². The number of fused-ring (bicyclic) bond motifs is 3. The summed E-state index contributed by atoms with van der Waals surface area (Å²) in [4.78, 5) is 11.5. The van der Waals surface area contributed by atoms with Crippen LogP contribution in [0, 0.1) is 6.92 Å². The van der Waals surface area contributed by atoms with Gasteiger partial charge in [0.05, 0.1) is 35.5 Å². The zero-order chi connectivity index (χ0) is 23.5. The van der Waals surface area contributed by atoms with Crippen molar-refractivity contribution >= 4 is 35.2 Å². The molecule has 0 saturated heterocycles. The van der Waals surface area contributed by atoms with E-state index < -0.39 is 0 Å². The predicted octanol–water partition coefficient (Wildman–Crippen LogP) is 3.78. The fourth-order valence-corrected chi connectivity index (χ4v) is 4.38. The van der Waals surface area contributed by atoms with Gasteiger partial charge in [-0.1, -0.05) is 42.5 Å². The normalized spacial score (nSPS) is 16.9.